The molecule has 0 atom stereocenters. The fourth-order valence-electron chi connectivity index (χ4n) is 8.10. The van der Waals surface area contributed by atoms with Crippen LogP contribution in [0.15, 0.2) is 121 Å². The summed E-state index contributed by atoms with van der Waals surface area (Å²) in [5.74, 6) is 0. The molecule has 0 unspecified atom stereocenters. The van der Waals surface area contributed by atoms with Crippen LogP contribution in [-0.2, 0) is 10.8 Å². The van der Waals surface area contributed by atoms with Crippen LogP contribution >= 0.6 is 0 Å². The molecule has 6 aromatic rings. The van der Waals surface area contributed by atoms with Gasteiger partial charge in [-0.05, 0) is 121 Å². The summed E-state index contributed by atoms with van der Waals surface area (Å²) < 4.78 is 0. The van der Waals surface area contributed by atoms with E-state index in [9.17, 15) is 0 Å². The summed E-state index contributed by atoms with van der Waals surface area (Å²) in [6.45, 7) is 14.2. The van der Waals surface area contributed by atoms with E-state index >= 15 is 0 Å². The van der Waals surface area contributed by atoms with Gasteiger partial charge in [-0.3, -0.25) is 0 Å². The van der Waals surface area contributed by atoms with Gasteiger partial charge >= 0.3 is 0 Å². The second-order valence-corrected chi connectivity index (χ2v) is 13.9. The van der Waals surface area contributed by atoms with Gasteiger partial charge < -0.3 is 0 Å². The quantitative estimate of drug-likeness (QED) is 0.200. The average molecular weight is 567 g/mol. The van der Waals surface area contributed by atoms with Crippen LogP contribution in [-0.4, -0.2) is 0 Å². The molecule has 0 amide bonds. The Morgan fingerprint density at radius 2 is 0.864 bits per heavy atom. The zero-order chi connectivity index (χ0) is 30.4. The number of hydrogen-bond acceptors (Lipinski definition) is 0. The molecule has 0 heterocycles. The molecule has 0 saturated carbocycles. The van der Waals surface area contributed by atoms with Gasteiger partial charge in [-0.1, -0.05) is 131 Å². The number of rotatable bonds is 3. The molecule has 0 aliphatic heterocycles. The molecule has 0 N–H and O–H groups in total. The first kappa shape index (κ1) is 26.9. The Hall–Kier alpha value is -4.68. The van der Waals surface area contributed by atoms with E-state index in [1.54, 1.807) is 0 Å². The normalized spacial score (nSPS) is 15.0. The maximum atomic E-state index is 2.48. The van der Waals surface area contributed by atoms with Gasteiger partial charge in [-0.2, -0.15) is 0 Å². The summed E-state index contributed by atoms with van der Waals surface area (Å²) in [4.78, 5) is 0. The molecule has 0 spiro atoms. The van der Waals surface area contributed by atoms with E-state index in [0.29, 0.717) is 0 Å². The topological polar surface area (TPSA) is 0 Å². The lowest BCUT2D eigenvalue weighted by atomic mass is 9.79. The maximum Gasteiger partial charge on any atom is 0.0159 e. The fraction of sp³-hybridized carbons (Fsp3) is 0.182. The van der Waals surface area contributed by atoms with Crippen molar-refractivity contribution in [3.63, 3.8) is 0 Å². The van der Waals surface area contributed by atoms with Gasteiger partial charge in [0.05, 0.1) is 0 Å². The Morgan fingerprint density at radius 3 is 1.48 bits per heavy atom. The second-order valence-electron chi connectivity index (χ2n) is 13.9. The lowest BCUT2D eigenvalue weighted by Gasteiger charge is -2.24. The van der Waals surface area contributed by atoms with Gasteiger partial charge in [0.25, 0.3) is 0 Å². The fourth-order valence-corrected chi connectivity index (χ4v) is 8.10. The molecule has 2 aliphatic carbocycles. The molecule has 8 rings (SSSR count). The lowest BCUT2D eigenvalue weighted by molar-refractivity contribution is 0.660. The van der Waals surface area contributed by atoms with Crippen molar-refractivity contribution in [2.75, 3.05) is 0 Å². The standard InChI is InChI=1S/C44H38/c1-27-23-39-37(34-19-17-31(24-40(34)44(39,5)6)29-13-9-7-10-14-29)26-36(27)33-21-22-38-42(28(33)2)35-20-18-32(25-41(35)43(38,3)4)30-15-11-8-12-16-30/h7-26H,1-6H3. The van der Waals surface area contributed by atoms with Crippen LogP contribution in [0, 0.1) is 13.8 Å². The highest BCUT2D eigenvalue weighted by molar-refractivity contribution is 5.92. The van der Waals surface area contributed by atoms with E-state index in [0.717, 1.165) is 0 Å². The molecule has 0 fully saturated rings. The second kappa shape index (κ2) is 9.41. The van der Waals surface area contributed by atoms with E-state index < -0.39 is 0 Å². The van der Waals surface area contributed by atoms with E-state index in [2.05, 4.69) is 163 Å². The SMILES string of the molecule is Cc1cc2c(cc1-c1ccc3c(c1C)-c1ccc(-c4ccccc4)cc1C3(C)C)-c1ccc(-c3ccccc3)cc1C2(C)C. The molecule has 0 heteroatoms. The minimum Gasteiger partial charge on any atom is -0.0622 e. The predicted octanol–water partition coefficient (Wildman–Crippen LogP) is 11.9. The Kier molecular flexibility index (Phi) is 5.75. The summed E-state index contributed by atoms with van der Waals surface area (Å²) in [5, 5.41) is 0. The van der Waals surface area contributed by atoms with Gasteiger partial charge in [0.1, 0.15) is 0 Å². The van der Waals surface area contributed by atoms with E-state index in [1.807, 2.05) is 0 Å². The van der Waals surface area contributed by atoms with Crippen molar-refractivity contribution in [3.05, 3.63) is 155 Å². The molecule has 6 aromatic carbocycles. The summed E-state index contributed by atoms with van der Waals surface area (Å²) >= 11 is 0. The van der Waals surface area contributed by atoms with Crippen molar-refractivity contribution >= 4 is 0 Å². The van der Waals surface area contributed by atoms with Crippen LogP contribution in [0.2, 0.25) is 0 Å². The average Bonchev–Trinajstić information content (AvgIpc) is 3.40. The highest BCUT2D eigenvalue weighted by Crippen LogP contribution is 2.54. The molecule has 0 aromatic heterocycles. The van der Waals surface area contributed by atoms with Crippen molar-refractivity contribution in [3.8, 4) is 55.6 Å². The Morgan fingerprint density at radius 1 is 0.364 bits per heavy atom. The minimum absolute atomic E-state index is 0.0504. The third-order valence-electron chi connectivity index (χ3n) is 10.6. The highest BCUT2D eigenvalue weighted by Gasteiger charge is 2.39. The first-order valence-electron chi connectivity index (χ1n) is 15.9. The number of benzene rings is 6. The number of aryl methyl sites for hydroxylation is 1. The molecule has 2 aliphatic rings. The smallest absolute Gasteiger partial charge is 0.0159 e. The van der Waals surface area contributed by atoms with Crippen LogP contribution in [0.5, 0.6) is 0 Å². The molecular formula is C44H38. The van der Waals surface area contributed by atoms with Gasteiger partial charge in [-0.15, -0.1) is 0 Å². The minimum atomic E-state index is -0.0504. The lowest BCUT2D eigenvalue weighted by Crippen LogP contribution is -2.15. The summed E-state index contributed by atoms with van der Waals surface area (Å²) in [6.07, 6.45) is 0. The maximum absolute atomic E-state index is 2.48. The first-order valence-corrected chi connectivity index (χ1v) is 15.9. The number of hydrogen-bond donors (Lipinski definition) is 0. The zero-order valence-corrected chi connectivity index (χ0v) is 26.5. The van der Waals surface area contributed by atoms with Gasteiger partial charge in [0, 0.05) is 10.8 Å². The van der Waals surface area contributed by atoms with Crippen molar-refractivity contribution in [2.45, 2.75) is 52.4 Å². The molecule has 0 saturated heterocycles. The van der Waals surface area contributed by atoms with Crippen molar-refractivity contribution in [1.82, 2.24) is 0 Å². The van der Waals surface area contributed by atoms with Crippen LogP contribution in [0.1, 0.15) is 61.1 Å². The van der Waals surface area contributed by atoms with Gasteiger partial charge in [0.15, 0.2) is 0 Å². The monoisotopic (exact) mass is 566 g/mol. The van der Waals surface area contributed by atoms with Crippen molar-refractivity contribution < 1.29 is 0 Å². The highest BCUT2D eigenvalue weighted by atomic mass is 14.4. The van der Waals surface area contributed by atoms with Crippen LogP contribution in [0.25, 0.3) is 55.6 Å². The first-order chi connectivity index (χ1) is 21.2. The van der Waals surface area contributed by atoms with Crippen LogP contribution in [0.4, 0.5) is 0 Å². The molecule has 214 valence electrons. The summed E-state index contributed by atoms with van der Waals surface area (Å²) in [6, 6.07) is 45.4. The zero-order valence-electron chi connectivity index (χ0n) is 26.5. The third-order valence-corrected chi connectivity index (χ3v) is 10.6. The summed E-state index contributed by atoms with van der Waals surface area (Å²) in [7, 11) is 0. The molecule has 0 bridgehead atoms. The Bertz CT molecular complexity index is 2100. The van der Waals surface area contributed by atoms with Gasteiger partial charge in [-0.25, -0.2) is 0 Å². The van der Waals surface area contributed by atoms with E-state index in [1.165, 1.54) is 89.0 Å². The molecule has 0 nitrogen and oxygen atoms in total. The van der Waals surface area contributed by atoms with Crippen molar-refractivity contribution in [2.24, 2.45) is 0 Å². The van der Waals surface area contributed by atoms with Crippen LogP contribution in [0.3, 0.4) is 0 Å². The Balaban J connectivity index is 1.27. The van der Waals surface area contributed by atoms with E-state index in [4.69, 9.17) is 0 Å². The molecular weight excluding hydrogens is 528 g/mol. The predicted molar refractivity (Wildman–Crippen MR) is 187 cm³/mol. The van der Waals surface area contributed by atoms with Crippen molar-refractivity contribution in [1.29, 1.82) is 0 Å². The largest absolute Gasteiger partial charge is 0.0622 e. The van der Waals surface area contributed by atoms with Crippen LogP contribution < -0.4 is 0 Å². The van der Waals surface area contributed by atoms with E-state index in [-0.39, 0.29) is 10.8 Å². The molecule has 44 heavy (non-hydrogen) atoms. The van der Waals surface area contributed by atoms with Gasteiger partial charge in [0.2, 0.25) is 0 Å². The Labute approximate surface area is 262 Å². The summed E-state index contributed by atoms with van der Waals surface area (Å²) in [5.41, 5.74) is 21.6. The molecule has 0 radical (unpaired) electrons. The third kappa shape index (κ3) is 3.77. The number of fused-ring (bicyclic) bond motifs is 6.